The molecule has 0 radical (unpaired) electrons. The maximum absolute atomic E-state index is 12.4. The average molecular weight is 291 g/mol. The molecule has 5 atom stereocenters. The van der Waals surface area contributed by atoms with Gasteiger partial charge in [-0.25, -0.2) is 0 Å². The number of nitrogens with zero attached hydrogens (tertiary/aromatic N) is 1. The summed E-state index contributed by atoms with van der Waals surface area (Å²) in [5.41, 5.74) is 0.712. The first-order valence-corrected chi connectivity index (χ1v) is 7.85. The molecule has 1 amide bonds. The predicted octanol–water partition coefficient (Wildman–Crippen LogP) is 2.41. The number of hydrogen-bond donors (Lipinski definition) is 1. The van der Waals surface area contributed by atoms with Crippen molar-refractivity contribution < 1.29 is 4.79 Å². The molecule has 4 heteroatoms. The third-order valence-corrected chi connectivity index (χ3v) is 5.45. The van der Waals surface area contributed by atoms with Gasteiger partial charge < -0.3 is 10.2 Å². The van der Waals surface area contributed by atoms with Gasteiger partial charge >= 0.3 is 0 Å². The van der Waals surface area contributed by atoms with E-state index in [1.54, 1.807) is 24.3 Å². The molecule has 4 fully saturated rings. The summed E-state index contributed by atoms with van der Waals surface area (Å²) in [6.45, 7) is 3.61. The van der Waals surface area contributed by atoms with Crippen LogP contribution in [0, 0.1) is 17.8 Å². The molecule has 1 saturated carbocycles. The highest BCUT2D eigenvalue weighted by Crippen LogP contribution is 2.43. The van der Waals surface area contributed by atoms with Gasteiger partial charge in [0, 0.05) is 36.3 Å². The van der Waals surface area contributed by atoms with Crippen LogP contribution in [0.3, 0.4) is 0 Å². The van der Waals surface area contributed by atoms with Crippen molar-refractivity contribution in [1.29, 1.82) is 0 Å². The van der Waals surface area contributed by atoms with Crippen molar-refractivity contribution in [2.24, 2.45) is 17.8 Å². The Balaban J connectivity index is 1.49. The van der Waals surface area contributed by atoms with Gasteiger partial charge in [0.25, 0.3) is 5.91 Å². The van der Waals surface area contributed by atoms with Gasteiger partial charge in [0.15, 0.2) is 0 Å². The van der Waals surface area contributed by atoms with E-state index in [1.807, 2.05) is 0 Å². The van der Waals surface area contributed by atoms with Crippen LogP contribution < -0.4 is 5.32 Å². The minimum Gasteiger partial charge on any atom is -0.349 e. The van der Waals surface area contributed by atoms with Crippen LogP contribution in [-0.2, 0) is 0 Å². The van der Waals surface area contributed by atoms with Crippen molar-refractivity contribution in [3.63, 3.8) is 0 Å². The smallest absolute Gasteiger partial charge is 0.251 e. The van der Waals surface area contributed by atoms with Crippen molar-refractivity contribution >= 4 is 17.5 Å². The summed E-state index contributed by atoms with van der Waals surface area (Å²) in [5.74, 6) is 2.22. The SMILES string of the molecule is O=C(NC1[C@@H]2CC3C[C@H]1CN(C3)C2)c1ccc(Cl)cc1. The fourth-order valence-electron chi connectivity index (χ4n) is 4.48. The van der Waals surface area contributed by atoms with Crippen LogP contribution in [0.1, 0.15) is 23.2 Å². The Morgan fingerprint density at radius 3 is 2.35 bits per heavy atom. The van der Waals surface area contributed by atoms with Crippen molar-refractivity contribution in [2.75, 3.05) is 19.6 Å². The summed E-state index contributed by atoms with van der Waals surface area (Å²) >= 11 is 5.87. The molecule has 0 aromatic heterocycles. The number of hydrogen-bond acceptors (Lipinski definition) is 2. The van der Waals surface area contributed by atoms with E-state index in [4.69, 9.17) is 11.6 Å². The second-order valence-electron chi connectivity index (χ2n) is 6.58. The van der Waals surface area contributed by atoms with Crippen LogP contribution in [0.25, 0.3) is 0 Å². The molecule has 1 aromatic carbocycles. The number of rotatable bonds is 2. The van der Waals surface area contributed by atoms with Gasteiger partial charge in [-0.1, -0.05) is 11.6 Å². The Morgan fingerprint density at radius 2 is 1.75 bits per heavy atom. The maximum Gasteiger partial charge on any atom is 0.251 e. The number of amides is 1. The normalized spacial score (nSPS) is 38.0. The second-order valence-corrected chi connectivity index (χ2v) is 7.02. The van der Waals surface area contributed by atoms with Crippen LogP contribution in [0.2, 0.25) is 5.02 Å². The quantitative estimate of drug-likeness (QED) is 0.907. The lowest BCUT2D eigenvalue weighted by Gasteiger charge is -2.55. The Hall–Kier alpha value is -1.06. The molecular formula is C16H19ClN2O. The van der Waals surface area contributed by atoms with Gasteiger partial charge in [-0.05, 0) is 54.9 Å². The van der Waals surface area contributed by atoms with E-state index in [0.717, 1.165) is 5.92 Å². The van der Waals surface area contributed by atoms with E-state index in [1.165, 1.54) is 32.5 Å². The summed E-state index contributed by atoms with van der Waals surface area (Å²) in [5, 5.41) is 3.96. The molecule has 4 aliphatic rings. The van der Waals surface area contributed by atoms with Crippen LogP contribution in [0.15, 0.2) is 24.3 Å². The molecule has 1 aromatic rings. The third kappa shape index (κ3) is 2.13. The van der Waals surface area contributed by atoms with Gasteiger partial charge in [-0.3, -0.25) is 4.79 Å². The van der Waals surface area contributed by atoms with Crippen molar-refractivity contribution in [1.82, 2.24) is 10.2 Å². The van der Waals surface area contributed by atoms with Gasteiger partial charge in [-0.15, -0.1) is 0 Å². The van der Waals surface area contributed by atoms with Gasteiger partial charge in [-0.2, -0.15) is 0 Å². The highest BCUT2D eigenvalue weighted by Gasteiger charge is 2.47. The second kappa shape index (κ2) is 4.74. The van der Waals surface area contributed by atoms with Crippen molar-refractivity contribution in [3.8, 4) is 0 Å². The Labute approximate surface area is 124 Å². The Bertz CT molecular complexity index is 500. The highest BCUT2D eigenvalue weighted by atomic mass is 35.5. The lowest BCUT2D eigenvalue weighted by molar-refractivity contribution is -0.0418. The predicted molar refractivity (Wildman–Crippen MR) is 78.9 cm³/mol. The molecule has 3 saturated heterocycles. The first-order chi connectivity index (χ1) is 9.69. The van der Waals surface area contributed by atoms with E-state index >= 15 is 0 Å². The van der Waals surface area contributed by atoms with Crippen molar-refractivity contribution in [2.45, 2.75) is 18.9 Å². The van der Waals surface area contributed by atoms with Gasteiger partial charge in [0.1, 0.15) is 0 Å². The summed E-state index contributed by atoms with van der Waals surface area (Å²) in [6, 6.07) is 7.53. The summed E-state index contributed by atoms with van der Waals surface area (Å²) in [7, 11) is 0. The number of benzene rings is 1. The van der Waals surface area contributed by atoms with E-state index in [-0.39, 0.29) is 5.91 Å². The molecule has 3 unspecified atom stereocenters. The fraction of sp³-hybridized carbons (Fsp3) is 0.562. The zero-order chi connectivity index (χ0) is 13.7. The molecule has 1 N–H and O–H groups in total. The van der Waals surface area contributed by atoms with E-state index < -0.39 is 0 Å². The molecule has 0 spiro atoms. The molecular weight excluding hydrogens is 272 g/mol. The van der Waals surface area contributed by atoms with Crippen LogP contribution in [-0.4, -0.2) is 36.5 Å². The standard InChI is InChI=1S/C16H19ClN2O/c17-14-3-1-11(2-4-14)16(20)18-15-12-5-10-6-13(15)9-19(7-10)8-12/h1-4,10,12-13,15H,5-9H2,(H,18,20)/t10?,12-,13+,15?. The van der Waals surface area contributed by atoms with Crippen LogP contribution in [0.4, 0.5) is 0 Å². The lowest BCUT2D eigenvalue weighted by Crippen LogP contribution is -2.64. The van der Waals surface area contributed by atoms with Crippen LogP contribution >= 0.6 is 11.6 Å². The maximum atomic E-state index is 12.4. The number of halogens is 1. The molecule has 3 aliphatic heterocycles. The van der Waals surface area contributed by atoms with Crippen molar-refractivity contribution in [3.05, 3.63) is 34.9 Å². The van der Waals surface area contributed by atoms with E-state index in [2.05, 4.69) is 10.2 Å². The zero-order valence-electron chi connectivity index (χ0n) is 11.4. The van der Waals surface area contributed by atoms with E-state index in [9.17, 15) is 4.79 Å². The monoisotopic (exact) mass is 290 g/mol. The zero-order valence-corrected chi connectivity index (χ0v) is 12.1. The van der Waals surface area contributed by atoms with Gasteiger partial charge in [0.2, 0.25) is 0 Å². The first kappa shape index (κ1) is 12.7. The third-order valence-electron chi connectivity index (χ3n) is 5.19. The lowest BCUT2D eigenvalue weighted by atomic mass is 9.65. The average Bonchev–Trinajstić information content (AvgIpc) is 2.42. The molecule has 1 aliphatic carbocycles. The molecule has 5 rings (SSSR count). The summed E-state index contributed by atoms with van der Waals surface area (Å²) in [6.07, 6.45) is 2.58. The topological polar surface area (TPSA) is 32.3 Å². The fourth-order valence-corrected chi connectivity index (χ4v) is 4.61. The summed E-state index contributed by atoms with van der Waals surface area (Å²) in [4.78, 5) is 15.0. The molecule has 3 heterocycles. The number of carbonyl (C=O) groups is 1. The summed E-state index contributed by atoms with van der Waals surface area (Å²) < 4.78 is 0. The van der Waals surface area contributed by atoms with Crippen LogP contribution in [0.5, 0.6) is 0 Å². The Kier molecular flexibility index (Phi) is 3.00. The first-order valence-electron chi connectivity index (χ1n) is 7.48. The minimum atomic E-state index is 0.0501. The molecule has 20 heavy (non-hydrogen) atoms. The highest BCUT2D eigenvalue weighted by molar-refractivity contribution is 6.30. The molecule has 106 valence electrons. The largest absolute Gasteiger partial charge is 0.349 e. The number of nitrogens with one attached hydrogen (secondary N) is 1. The van der Waals surface area contributed by atoms with Gasteiger partial charge in [0.05, 0.1) is 0 Å². The number of piperidine rings is 3. The number of carbonyl (C=O) groups excluding carboxylic acids is 1. The van der Waals surface area contributed by atoms with E-state index in [0.29, 0.717) is 28.5 Å². The minimum absolute atomic E-state index is 0.0501. The Morgan fingerprint density at radius 1 is 1.10 bits per heavy atom. The molecule has 4 bridgehead atoms. The molecule has 3 nitrogen and oxygen atoms in total.